The molecule has 0 unspecified atom stereocenters. The van der Waals surface area contributed by atoms with Crippen LogP contribution in [0.25, 0.3) is 16.7 Å². The first kappa shape index (κ1) is 16.7. The van der Waals surface area contributed by atoms with Gasteiger partial charge in [-0.1, -0.05) is 73.9 Å². The van der Waals surface area contributed by atoms with E-state index in [4.69, 9.17) is 0 Å². The average molecular weight is 377 g/mol. The molecule has 2 aromatic carbocycles. The van der Waals surface area contributed by atoms with Gasteiger partial charge in [0.05, 0.1) is 0 Å². The Balaban J connectivity index is 0.00000156. The summed E-state index contributed by atoms with van der Waals surface area (Å²) in [6, 6.07) is 16.9. The molecule has 0 nitrogen and oxygen atoms in total. The van der Waals surface area contributed by atoms with Crippen molar-refractivity contribution < 1.29 is 26.2 Å². The molecule has 1 heteroatoms. The van der Waals surface area contributed by atoms with Gasteiger partial charge in [0, 0.05) is 26.2 Å². The van der Waals surface area contributed by atoms with Gasteiger partial charge in [-0.3, -0.25) is 0 Å². The molecule has 0 aliphatic heterocycles. The van der Waals surface area contributed by atoms with Gasteiger partial charge in [-0.15, -0.1) is 34.9 Å². The number of hydrogen-bond donors (Lipinski definition) is 0. The van der Waals surface area contributed by atoms with Crippen molar-refractivity contribution >= 4 is 5.57 Å². The second-order valence-corrected chi connectivity index (χ2v) is 7.38. The Labute approximate surface area is 158 Å². The number of fused-ring (bicyclic) bond motifs is 3. The summed E-state index contributed by atoms with van der Waals surface area (Å²) < 4.78 is 0. The summed E-state index contributed by atoms with van der Waals surface area (Å²) in [7, 11) is 0. The molecule has 0 aromatic heterocycles. The molecule has 4 rings (SSSR count). The minimum Gasteiger partial charge on any atom is -0.147 e. The molecule has 0 amide bonds. The predicted octanol–water partition coefficient (Wildman–Crippen LogP) is 5.82. The molecule has 0 fully saturated rings. The maximum atomic E-state index is 3.68. The molecule has 0 saturated carbocycles. The SMILES string of the molecule is CC(C)(C)C1=CCC(c2[c-]c3c(cc2)-c2ccccc2C3)=C1.[Zr]. The van der Waals surface area contributed by atoms with E-state index < -0.39 is 0 Å². The zero-order valence-corrected chi connectivity index (χ0v) is 16.5. The Kier molecular flexibility index (Phi) is 4.36. The standard InChI is InChI=1S/C22H21.Zr/c1-22(2,3)19-10-8-16(14-19)15-9-11-21-18(12-15)13-17-6-4-5-7-20(17)21;/h4-7,9-11,14H,8,13H2,1-3H3;/q-1;. The second-order valence-electron chi connectivity index (χ2n) is 7.38. The van der Waals surface area contributed by atoms with Gasteiger partial charge in [0.15, 0.2) is 0 Å². The molecule has 0 saturated heterocycles. The van der Waals surface area contributed by atoms with Gasteiger partial charge < -0.3 is 0 Å². The number of rotatable bonds is 1. The summed E-state index contributed by atoms with van der Waals surface area (Å²) in [5.74, 6) is 0. The van der Waals surface area contributed by atoms with E-state index in [0.717, 1.165) is 12.8 Å². The second kappa shape index (κ2) is 6.02. The summed E-state index contributed by atoms with van der Waals surface area (Å²) in [4.78, 5) is 0. The normalized spacial score (nSPS) is 15.4. The third kappa shape index (κ3) is 2.97. The third-order valence-electron chi connectivity index (χ3n) is 4.79. The van der Waals surface area contributed by atoms with Gasteiger partial charge >= 0.3 is 0 Å². The monoisotopic (exact) mass is 375 g/mol. The first-order valence-corrected chi connectivity index (χ1v) is 8.07. The molecular weight excluding hydrogens is 355 g/mol. The van der Waals surface area contributed by atoms with Crippen LogP contribution in [0.4, 0.5) is 0 Å². The maximum absolute atomic E-state index is 3.68. The molecule has 2 aliphatic rings. The summed E-state index contributed by atoms with van der Waals surface area (Å²) >= 11 is 0. The smallest absolute Gasteiger partial charge is 0 e. The van der Waals surface area contributed by atoms with E-state index in [-0.39, 0.29) is 31.6 Å². The molecule has 0 heterocycles. The molecule has 2 aromatic rings. The van der Waals surface area contributed by atoms with Gasteiger partial charge in [0.1, 0.15) is 0 Å². The fourth-order valence-corrected chi connectivity index (χ4v) is 3.48. The van der Waals surface area contributed by atoms with Crippen LogP contribution in [0, 0.1) is 11.5 Å². The number of allylic oxidation sites excluding steroid dienone is 4. The minimum atomic E-state index is 0. The van der Waals surface area contributed by atoms with Crippen LogP contribution < -0.4 is 0 Å². The van der Waals surface area contributed by atoms with E-state index in [2.05, 4.69) is 75.4 Å². The Bertz CT molecular complexity index is 816. The van der Waals surface area contributed by atoms with Gasteiger partial charge in [-0.25, -0.2) is 0 Å². The Morgan fingerprint density at radius 3 is 2.48 bits per heavy atom. The van der Waals surface area contributed by atoms with Crippen molar-refractivity contribution in [1.82, 2.24) is 0 Å². The van der Waals surface area contributed by atoms with E-state index in [0.29, 0.717) is 0 Å². The van der Waals surface area contributed by atoms with E-state index in [1.54, 1.807) is 0 Å². The Morgan fingerprint density at radius 2 is 1.74 bits per heavy atom. The van der Waals surface area contributed by atoms with Crippen molar-refractivity contribution in [2.75, 3.05) is 0 Å². The van der Waals surface area contributed by atoms with Crippen LogP contribution in [0.5, 0.6) is 0 Å². The Hall–Kier alpha value is -1.20. The van der Waals surface area contributed by atoms with Crippen molar-refractivity contribution in [2.24, 2.45) is 5.41 Å². The topological polar surface area (TPSA) is 0 Å². The van der Waals surface area contributed by atoms with Crippen LogP contribution >= 0.6 is 0 Å². The van der Waals surface area contributed by atoms with Gasteiger partial charge in [-0.2, -0.15) is 0 Å². The van der Waals surface area contributed by atoms with E-state index in [1.807, 2.05) is 0 Å². The first-order chi connectivity index (χ1) is 10.5. The van der Waals surface area contributed by atoms with Crippen molar-refractivity contribution in [2.45, 2.75) is 33.6 Å². The van der Waals surface area contributed by atoms with E-state index >= 15 is 0 Å². The van der Waals surface area contributed by atoms with E-state index in [9.17, 15) is 0 Å². The van der Waals surface area contributed by atoms with E-state index in [1.165, 1.54) is 39.0 Å². The van der Waals surface area contributed by atoms with Crippen LogP contribution in [0.3, 0.4) is 0 Å². The minimum absolute atomic E-state index is 0. The van der Waals surface area contributed by atoms with Crippen molar-refractivity contribution in [1.29, 1.82) is 0 Å². The molecular formula is C22H21Zr-. The van der Waals surface area contributed by atoms with Crippen LogP contribution in [-0.4, -0.2) is 0 Å². The zero-order valence-electron chi connectivity index (χ0n) is 14.0. The van der Waals surface area contributed by atoms with Crippen LogP contribution in [0.15, 0.2) is 54.1 Å². The van der Waals surface area contributed by atoms with Crippen molar-refractivity contribution in [3.05, 3.63) is 76.9 Å². The molecule has 0 bridgehead atoms. The first-order valence-electron chi connectivity index (χ1n) is 8.07. The molecule has 23 heavy (non-hydrogen) atoms. The van der Waals surface area contributed by atoms with Gasteiger partial charge in [0.25, 0.3) is 0 Å². The summed E-state index contributed by atoms with van der Waals surface area (Å²) in [5.41, 5.74) is 9.87. The van der Waals surface area contributed by atoms with Crippen molar-refractivity contribution in [3.8, 4) is 11.1 Å². The fraction of sp³-hybridized carbons (Fsp3) is 0.273. The molecule has 0 radical (unpaired) electrons. The van der Waals surface area contributed by atoms with Gasteiger partial charge in [0.2, 0.25) is 0 Å². The maximum Gasteiger partial charge on any atom is 0 e. The van der Waals surface area contributed by atoms with Crippen LogP contribution in [0.1, 0.15) is 43.9 Å². The fourth-order valence-electron chi connectivity index (χ4n) is 3.48. The molecule has 0 N–H and O–H groups in total. The molecule has 114 valence electrons. The summed E-state index contributed by atoms with van der Waals surface area (Å²) in [6.45, 7) is 6.84. The van der Waals surface area contributed by atoms with Crippen LogP contribution in [0.2, 0.25) is 0 Å². The molecule has 0 atom stereocenters. The predicted molar refractivity (Wildman–Crippen MR) is 93.7 cm³/mol. The quantitative estimate of drug-likeness (QED) is 0.470. The molecule has 0 spiro atoms. The number of hydrogen-bond acceptors (Lipinski definition) is 0. The summed E-state index contributed by atoms with van der Waals surface area (Å²) in [5, 5.41) is 0. The number of benzene rings is 2. The third-order valence-corrected chi connectivity index (χ3v) is 4.79. The van der Waals surface area contributed by atoms with Gasteiger partial charge in [-0.05, 0) is 23.8 Å². The molecule has 2 aliphatic carbocycles. The average Bonchev–Trinajstić information content (AvgIpc) is 3.11. The van der Waals surface area contributed by atoms with Crippen molar-refractivity contribution in [3.63, 3.8) is 0 Å². The Morgan fingerprint density at radius 1 is 0.957 bits per heavy atom. The van der Waals surface area contributed by atoms with Crippen LogP contribution in [-0.2, 0) is 32.6 Å². The zero-order chi connectivity index (χ0) is 15.3. The largest absolute Gasteiger partial charge is 0.147 e. The summed E-state index contributed by atoms with van der Waals surface area (Å²) in [6.07, 6.45) is 6.78.